The Hall–Kier alpha value is -1.26. The lowest BCUT2D eigenvalue weighted by atomic mass is 10.1. The Morgan fingerprint density at radius 1 is 1.35 bits per heavy atom. The fourth-order valence-electron chi connectivity index (χ4n) is 1.84. The molecule has 0 spiro atoms. The standard InChI is InChI=1S/C11H9Cl2NO3/c12-7-2-1-3-8(13)10(7)14-5-6(11(16)17)4-9(14)15/h1-3,6H,4-5H2,(H,16,17)/t6-/m1/s1. The van der Waals surface area contributed by atoms with E-state index in [9.17, 15) is 9.59 Å². The predicted molar refractivity (Wildman–Crippen MR) is 64.6 cm³/mol. The molecule has 1 N–H and O–H groups in total. The SMILES string of the molecule is O=C(O)[C@@H]1CC(=O)N(c2c(Cl)cccc2Cl)C1. The van der Waals surface area contributed by atoms with Crippen LogP contribution in [-0.4, -0.2) is 23.5 Å². The van der Waals surface area contributed by atoms with Gasteiger partial charge in [-0.25, -0.2) is 0 Å². The van der Waals surface area contributed by atoms with Crippen molar-refractivity contribution in [1.82, 2.24) is 0 Å². The third-order valence-electron chi connectivity index (χ3n) is 2.68. The summed E-state index contributed by atoms with van der Waals surface area (Å²) in [4.78, 5) is 23.9. The van der Waals surface area contributed by atoms with E-state index < -0.39 is 11.9 Å². The molecular formula is C11H9Cl2NO3. The second-order valence-electron chi connectivity index (χ2n) is 3.81. The van der Waals surface area contributed by atoms with E-state index >= 15 is 0 Å². The Kier molecular flexibility index (Phi) is 3.26. The van der Waals surface area contributed by atoms with Gasteiger partial charge in [0, 0.05) is 13.0 Å². The zero-order chi connectivity index (χ0) is 12.6. The molecule has 0 unspecified atom stereocenters. The van der Waals surface area contributed by atoms with Crippen molar-refractivity contribution in [3.05, 3.63) is 28.2 Å². The fraction of sp³-hybridized carbons (Fsp3) is 0.273. The van der Waals surface area contributed by atoms with Crippen LogP contribution in [0.25, 0.3) is 0 Å². The first-order valence-electron chi connectivity index (χ1n) is 4.98. The van der Waals surface area contributed by atoms with Gasteiger partial charge in [0.25, 0.3) is 0 Å². The first kappa shape index (κ1) is 12.2. The van der Waals surface area contributed by atoms with Crippen molar-refractivity contribution in [2.75, 3.05) is 11.4 Å². The number of carboxylic acid groups (broad SMARTS) is 1. The number of carbonyl (C=O) groups excluding carboxylic acids is 1. The summed E-state index contributed by atoms with van der Waals surface area (Å²) in [5.41, 5.74) is 0.393. The number of amides is 1. The van der Waals surface area contributed by atoms with E-state index in [4.69, 9.17) is 28.3 Å². The van der Waals surface area contributed by atoms with Gasteiger partial charge in [0.1, 0.15) is 0 Å². The second-order valence-corrected chi connectivity index (χ2v) is 4.63. The molecular weight excluding hydrogens is 265 g/mol. The largest absolute Gasteiger partial charge is 0.481 e. The predicted octanol–water partition coefficient (Wildman–Crippen LogP) is 2.43. The van der Waals surface area contributed by atoms with Crippen LogP contribution < -0.4 is 4.90 Å². The molecule has 1 fully saturated rings. The second kappa shape index (κ2) is 4.55. The van der Waals surface area contributed by atoms with Gasteiger partial charge in [0.15, 0.2) is 0 Å². The van der Waals surface area contributed by atoms with Gasteiger partial charge >= 0.3 is 5.97 Å². The topological polar surface area (TPSA) is 57.6 Å². The van der Waals surface area contributed by atoms with E-state index in [1.165, 1.54) is 4.90 Å². The van der Waals surface area contributed by atoms with Crippen LogP contribution in [0.5, 0.6) is 0 Å². The summed E-state index contributed by atoms with van der Waals surface area (Å²) in [5, 5.41) is 9.58. The third-order valence-corrected chi connectivity index (χ3v) is 3.29. The maximum atomic E-state index is 11.7. The van der Waals surface area contributed by atoms with E-state index in [1.807, 2.05) is 0 Å². The maximum absolute atomic E-state index is 11.7. The van der Waals surface area contributed by atoms with Crippen LogP contribution in [-0.2, 0) is 9.59 Å². The minimum atomic E-state index is -0.982. The van der Waals surface area contributed by atoms with Gasteiger partial charge in [-0.2, -0.15) is 0 Å². The molecule has 1 aromatic rings. The van der Waals surface area contributed by atoms with Crippen LogP contribution in [0.4, 0.5) is 5.69 Å². The molecule has 0 radical (unpaired) electrons. The molecule has 1 heterocycles. The van der Waals surface area contributed by atoms with Gasteiger partial charge in [0.05, 0.1) is 21.7 Å². The molecule has 1 atom stereocenters. The lowest BCUT2D eigenvalue weighted by Crippen LogP contribution is -2.26. The number of halogens is 2. The number of anilines is 1. The minimum Gasteiger partial charge on any atom is -0.481 e. The molecule has 1 saturated heterocycles. The molecule has 0 aromatic heterocycles. The number of benzene rings is 1. The molecule has 4 nitrogen and oxygen atoms in total. The number of hydrogen-bond donors (Lipinski definition) is 1. The van der Waals surface area contributed by atoms with E-state index in [0.29, 0.717) is 15.7 Å². The molecule has 1 aliphatic rings. The van der Waals surface area contributed by atoms with Crippen LogP contribution in [0.2, 0.25) is 10.0 Å². The third kappa shape index (κ3) is 2.23. The highest BCUT2D eigenvalue weighted by molar-refractivity contribution is 6.40. The minimum absolute atomic E-state index is 0.0170. The maximum Gasteiger partial charge on any atom is 0.308 e. The summed E-state index contributed by atoms with van der Waals surface area (Å²) < 4.78 is 0. The number of carbonyl (C=O) groups is 2. The Morgan fingerprint density at radius 3 is 2.41 bits per heavy atom. The van der Waals surface area contributed by atoms with Crippen molar-refractivity contribution in [3.63, 3.8) is 0 Å². The summed E-state index contributed by atoms with van der Waals surface area (Å²) >= 11 is 12.0. The lowest BCUT2D eigenvalue weighted by molar-refractivity contribution is -0.141. The first-order chi connectivity index (χ1) is 8.00. The molecule has 2 rings (SSSR count). The van der Waals surface area contributed by atoms with Gasteiger partial charge in [-0.15, -0.1) is 0 Å². The highest BCUT2D eigenvalue weighted by atomic mass is 35.5. The van der Waals surface area contributed by atoms with Crippen LogP contribution in [0.15, 0.2) is 18.2 Å². The molecule has 6 heteroatoms. The monoisotopic (exact) mass is 273 g/mol. The average Bonchev–Trinajstić information content (AvgIpc) is 2.61. The summed E-state index contributed by atoms with van der Waals surface area (Å²) in [6.45, 7) is 0.109. The molecule has 1 aromatic carbocycles. The molecule has 90 valence electrons. The molecule has 0 bridgehead atoms. The molecule has 1 aliphatic heterocycles. The van der Waals surface area contributed by atoms with Crippen LogP contribution in [0, 0.1) is 5.92 Å². The van der Waals surface area contributed by atoms with Crippen molar-refractivity contribution in [3.8, 4) is 0 Å². The fourth-order valence-corrected chi connectivity index (χ4v) is 2.44. The van der Waals surface area contributed by atoms with Crippen molar-refractivity contribution >= 4 is 40.8 Å². The zero-order valence-corrected chi connectivity index (χ0v) is 10.2. The molecule has 0 aliphatic carbocycles. The number of nitrogens with zero attached hydrogens (tertiary/aromatic N) is 1. The molecule has 1 amide bonds. The van der Waals surface area contributed by atoms with Gasteiger partial charge in [-0.1, -0.05) is 29.3 Å². The normalized spacial score (nSPS) is 19.8. The number of hydrogen-bond acceptors (Lipinski definition) is 2. The Labute approximate surface area is 108 Å². The summed E-state index contributed by atoms with van der Waals surface area (Å²) in [6, 6.07) is 4.90. The summed E-state index contributed by atoms with van der Waals surface area (Å²) in [6.07, 6.45) is -0.0170. The van der Waals surface area contributed by atoms with E-state index in [0.717, 1.165) is 0 Å². The Morgan fingerprint density at radius 2 is 1.94 bits per heavy atom. The van der Waals surface area contributed by atoms with Crippen LogP contribution >= 0.6 is 23.2 Å². The lowest BCUT2D eigenvalue weighted by Gasteiger charge is -2.18. The van der Waals surface area contributed by atoms with Gasteiger partial charge in [-0.05, 0) is 12.1 Å². The smallest absolute Gasteiger partial charge is 0.308 e. The van der Waals surface area contributed by atoms with Gasteiger partial charge in [0.2, 0.25) is 5.91 Å². The number of para-hydroxylation sites is 1. The zero-order valence-electron chi connectivity index (χ0n) is 8.69. The van der Waals surface area contributed by atoms with Crippen molar-refractivity contribution in [2.24, 2.45) is 5.92 Å². The van der Waals surface area contributed by atoms with Crippen molar-refractivity contribution in [1.29, 1.82) is 0 Å². The molecule has 0 saturated carbocycles. The average molecular weight is 274 g/mol. The highest BCUT2D eigenvalue weighted by Crippen LogP contribution is 2.36. The Bertz CT molecular complexity index is 469. The van der Waals surface area contributed by atoms with E-state index in [1.54, 1.807) is 18.2 Å². The van der Waals surface area contributed by atoms with Crippen molar-refractivity contribution in [2.45, 2.75) is 6.42 Å². The van der Waals surface area contributed by atoms with Gasteiger partial charge < -0.3 is 10.0 Å². The van der Waals surface area contributed by atoms with Crippen LogP contribution in [0.1, 0.15) is 6.42 Å². The van der Waals surface area contributed by atoms with E-state index in [2.05, 4.69) is 0 Å². The number of rotatable bonds is 2. The Balaban J connectivity index is 2.35. The summed E-state index contributed by atoms with van der Waals surface area (Å²) in [7, 11) is 0. The van der Waals surface area contributed by atoms with Gasteiger partial charge in [-0.3, -0.25) is 9.59 Å². The summed E-state index contributed by atoms with van der Waals surface area (Å²) in [5.74, 6) is -1.95. The first-order valence-corrected chi connectivity index (χ1v) is 5.73. The number of aliphatic carboxylic acids is 1. The number of carboxylic acids is 1. The van der Waals surface area contributed by atoms with E-state index in [-0.39, 0.29) is 18.9 Å². The van der Waals surface area contributed by atoms with Crippen molar-refractivity contribution < 1.29 is 14.7 Å². The quantitative estimate of drug-likeness (QED) is 0.901. The highest BCUT2D eigenvalue weighted by Gasteiger charge is 2.36. The molecule has 17 heavy (non-hydrogen) atoms. The van der Waals surface area contributed by atoms with Crippen LogP contribution in [0.3, 0.4) is 0 Å².